The Bertz CT molecular complexity index is 172. The van der Waals surface area contributed by atoms with E-state index in [0.29, 0.717) is 0 Å². The quantitative estimate of drug-likeness (QED) is 0.729. The molecule has 2 rings (SSSR count). The standard InChI is InChI=1S/C13H25N/c1-10-12(7-8-13(10)14-2)9-11-5-3-4-6-11/h10-14H,3-9H2,1-2H3. The van der Waals surface area contributed by atoms with Gasteiger partial charge in [-0.15, -0.1) is 0 Å². The number of rotatable bonds is 3. The highest BCUT2D eigenvalue weighted by molar-refractivity contribution is 4.87. The van der Waals surface area contributed by atoms with Crippen LogP contribution in [0.4, 0.5) is 0 Å². The molecule has 0 radical (unpaired) electrons. The Balaban J connectivity index is 1.80. The molecule has 2 aliphatic rings. The summed E-state index contributed by atoms with van der Waals surface area (Å²) in [7, 11) is 2.12. The molecule has 1 nitrogen and oxygen atoms in total. The Kier molecular flexibility index (Phi) is 3.48. The van der Waals surface area contributed by atoms with E-state index in [9.17, 15) is 0 Å². The van der Waals surface area contributed by atoms with Crippen molar-refractivity contribution in [1.29, 1.82) is 0 Å². The van der Waals surface area contributed by atoms with E-state index in [2.05, 4.69) is 19.3 Å². The van der Waals surface area contributed by atoms with E-state index in [0.717, 1.165) is 23.8 Å². The smallest absolute Gasteiger partial charge is 0.00924 e. The van der Waals surface area contributed by atoms with Gasteiger partial charge in [-0.05, 0) is 44.1 Å². The fourth-order valence-corrected chi connectivity index (χ4v) is 3.66. The van der Waals surface area contributed by atoms with Crippen LogP contribution in [0, 0.1) is 17.8 Å². The third kappa shape index (κ3) is 2.13. The van der Waals surface area contributed by atoms with E-state index in [4.69, 9.17) is 0 Å². The van der Waals surface area contributed by atoms with Crippen LogP contribution in [0.5, 0.6) is 0 Å². The average molecular weight is 195 g/mol. The van der Waals surface area contributed by atoms with Gasteiger partial charge in [0.15, 0.2) is 0 Å². The average Bonchev–Trinajstić information content (AvgIpc) is 2.79. The van der Waals surface area contributed by atoms with Crippen LogP contribution in [0.3, 0.4) is 0 Å². The van der Waals surface area contributed by atoms with Gasteiger partial charge in [-0.3, -0.25) is 0 Å². The predicted molar refractivity (Wildman–Crippen MR) is 61.3 cm³/mol. The topological polar surface area (TPSA) is 12.0 Å². The van der Waals surface area contributed by atoms with Gasteiger partial charge >= 0.3 is 0 Å². The first kappa shape index (κ1) is 10.5. The molecule has 0 spiro atoms. The van der Waals surface area contributed by atoms with Crippen molar-refractivity contribution < 1.29 is 0 Å². The minimum absolute atomic E-state index is 0.807. The summed E-state index contributed by atoms with van der Waals surface area (Å²) in [5, 5.41) is 3.47. The second-order valence-electron chi connectivity index (χ2n) is 5.48. The maximum atomic E-state index is 3.47. The van der Waals surface area contributed by atoms with Crippen LogP contribution in [0.2, 0.25) is 0 Å². The van der Waals surface area contributed by atoms with Crippen molar-refractivity contribution in [2.45, 2.75) is 57.9 Å². The van der Waals surface area contributed by atoms with E-state index in [1.54, 1.807) is 0 Å². The summed E-state index contributed by atoms with van der Waals surface area (Å²) in [4.78, 5) is 0. The highest BCUT2D eigenvalue weighted by Crippen LogP contribution is 2.40. The van der Waals surface area contributed by atoms with Crippen LogP contribution in [0.15, 0.2) is 0 Å². The Hall–Kier alpha value is -0.0400. The molecule has 1 N–H and O–H groups in total. The molecular formula is C13H25N. The fourth-order valence-electron chi connectivity index (χ4n) is 3.66. The SMILES string of the molecule is CNC1CCC(CC2CCCC2)C1C. The molecule has 0 aromatic heterocycles. The van der Waals surface area contributed by atoms with Crippen molar-refractivity contribution in [3.63, 3.8) is 0 Å². The van der Waals surface area contributed by atoms with Gasteiger partial charge < -0.3 is 5.32 Å². The molecule has 14 heavy (non-hydrogen) atoms. The summed E-state index contributed by atoms with van der Waals surface area (Å²) in [6.45, 7) is 2.45. The van der Waals surface area contributed by atoms with Crippen molar-refractivity contribution in [2.75, 3.05) is 7.05 Å². The third-order valence-corrected chi connectivity index (χ3v) is 4.71. The third-order valence-electron chi connectivity index (χ3n) is 4.71. The lowest BCUT2D eigenvalue weighted by Gasteiger charge is -2.22. The van der Waals surface area contributed by atoms with Gasteiger partial charge in [0.1, 0.15) is 0 Å². The minimum Gasteiger partial charge on any atom is -0.317 e. The van der Waals surface area contributed by atoms with Crippen LogP contribution in [-0.4, -0.2) is 13.1 Å². The summed E-state index contributed by atoms with van der Waals surface area (Å²) in [6, 6.07) is 0.807. The lowest BCUT2D eigenvalue weighted by Crippen LogP contribution is -2.29. The zero-order chi connectivity index (χ0) is 9.97. The highest BCUT2D eigenvalue weighted by atomic mass is 14.9. The van der Waals surface area contributed by atoms with Gasteiger partial charge in [-0.25, -0.2) is 0 Å². The zero-order valence-corrected chi connectivity index (χ0v) is 9.76. The molecule has 3 unspecified atom stereocenters. The molecule has 0 aliphatic heterocycles. The summed E-state index contributed by atoms with van der Waals surface area (Å²) >= 11 is 0. The molecule has 3 atom stereocenters. The van der Waals surface area contributed by atoms with Gasteiger partial charge in [0.2, 0.25) is 0 Å². The Labute approximate surface area is 88.7 Å². The number of hydrogen-bond donors (Lipinski definition) is 1. The zero-order valence-electron chi connectivity index (χ0n) is 9.76. The Morgan fingerprint density at radius 3 is 2.36 bits per heavy atom. The largest absolute Gasteiger partial charge is 0.317 e. The fraction of sp³-hybridized carbons (Fsp3) is 1.00. The van der Waals surface area contributed by atoms with Crippen LogP contribution in [0.1, 0.15) is 51.9 Å². The first-order chi connectivity index (χ1) is 6.81. The van der Waals surface area contributed by atoms with E-state index in [1.165, 1.54) is 44.9 Å². The molecule has 2 aliphatic carbocycles. The van der Waals surface area contributed by atoms with E-state index >= 15 is 0 Å². The van der Waals surface area contributed by atoms with Crippen LogP contribution >= 0.6 is 0 Å². The molecule has 0 amide bonds. The summed E-state index contributed by atoms with van der Waals surface area (Å²) in [5.41, 5.74) is 0. The maximum absolute atomic E-state index is 3.47. The summed E-state index contributed by atoms with van der Waals surface area (Å²) in [6.07, 6.45) is 10.5. The predicted octanol–water partition coefficient (Wildman–Crippen LogP) is 3.20. The summed E-state index contributed by atoms with van der Waals surface area (Å²) in [5.74, 6) is 3.02. The molecule has 82 valence electrons. The Morgan fingerprint density at radius 2 is 1.79 bits per heavy atom. The molecule has 2 saturated carbocycles. The lowest BCUT2D eigenvalue weighted by atomic mass is 9.86. The first-order valence-corrected chi connectivity index (χ1v) is 6.48. The lowest BCUT2D eigenvalue weighted by molar-refractivity contribution is 0.298. The van der Waals surface area contributed by atoms with Crippen molar-refractivity contribution in [2.24, 2.45) is 17.8 Å². The molecule has 0 heterocycles. The van der Waals surface area contributed by atoms with Gasteiger partial charge in [0.25, 0.3) is 0 Å². The maximum Gasteiger partial charge on any atom is 0.00924 e. The monoisotopic (exact) mass is 195 g/mol. The molecular weight excluding hydrogens is 170 g/mol. The molecule has 0 saturated heterocycles. The van der Waals surface area contributed by atoms with Crippen LogP contribution in [0.25, 0.3) is 0 Å². The summed E-state index contributed by atoms with van der Waals surface area (Å²) < 4.78 is 0. The Morgan fingerprint density at radius 1 is 1.07 bits per heavy atom. The van der Waals surface area contributed by atoms with E-state index < -0.39 is 0 Å². The first-order valence-electron chi connectivity index (χ1n) is 6.48. The van der Waals surface area contributed by atoms with Gasteiger partial charge in [-0.2, -0.15) is 0 Å². The minimum atomic E-state index is 0.807. The molecule has 1 heteroatoms. The van der Waals surface area contributed by atoms with Gasteiger partial charge in [0.05, 0.1) is 0 Å². The van der Waals surface area contributed by atoms with Crippen LogP contribution in [-0.2, 0) is 0 Å². The molecule has 0 aromatic rings. The highest BCUT2D eigenvalue weighted by Gasteiger charge is 2.33. The molecule has 0 aromatic carbocycles. The molecule has 0 bridgehead atoms. The normalized spacial score (nSPS) is 39.4. The number of hydrogen-bond acceptors (Lipinski definition) is 1. The van der Waals surface area contributed by atoms with Crippen molar-refractivity contribution in [3.05, 3.63) is 0 Å². The van der Waals surface area contributed by atoms with Gasteiger partial charge in [0, 0.05) is 6.04 Å². The molecule has 2 fully saturated rings. The van der Waals surface area contributed by atoms with Crippen molar-refractivity contribution in [3.8, 4) is 0 Å². The van der Waals surface area contributed by atoms with Crippen LogP contribution < -0.4 is 5.32 Å². The van der Waals surface area contributed by atoms with Crippen molar-refractivity contribution >= 4 is 0 Å². The van der Waals surface area contributed by atoms with Crippen molar-refractivity contribution in [1.82, 2.24) is 5.32 Å². The second-order valence-corrected chi connectivity index (χ2v) is 5.48. The number of nitrogens with one attached hydrogen (secondary N) is 1. The second kappa shape index (κ2) is 4.65. The van der Waals surface area contributed by atoms with E-state index in [-0.39, 0.29) is 0 Å². The van der Waals surface area contributed by atoms with Gasteiger partial charge in [-0.1, -0.05) is 32.6 Å². The van der Waals surface area contributed by atoms with E-state index in [1.807, 2.05) is 0 Å².